The number of rotatable bonds is 1. The maximum atomic E-state index is 10.8. The second-order valence-corrected chi connectivity index (χ2v) is 2.04. The summed E-state index contributed by atoms with van der Waals surface area (Å²) in [5.74, 6) is -1.20. The zero-order valence-corrected chi connectivity index (χ0v) is 8.81. The Hall–Kier alpha value is -0.650. The van der Waals surface area contributed by atoms with Gasteiger partial charge in [0, 0.05) is 6.92 Å². The summed E-state index contributed by atoms with van der Waals surface area (Å²) in [4.78, 5) is 13.8. The molecule has 0 aliphatic carbocycles. The normalized spacial score (nSPS) is 8.75. The van der Waals surface area contributed by atoms with Crippen LogP contribution in [0.5, 0.6) is 0 Å². The number of hydrogen-bond donors (Lipinski definition) is 1. The number of aryl methyl sites for hydroxylation is 1. The van der Waals surface area contributed by atoms with E-state index < -0.39 is 5.97 Å². The molecule has 1 aromatic rings. The molecule has 0 unspecified atom stereocenters. The van der Waals surface area contributed by atoms with Gasteiger partial charge < -0.3 is 11.7 Å². The molecule has 6 heteroatoms. The average molecular weight is 178 g/mol. The Morgan fingerprint density at radius 3 is 2.83 bits per heavy atom. The number of carboxylic acid groups (broad SMARTS) is 1. The number of nitrogens with zero attached hydrogens (tertiary/aromatic N) is 2. The number of aromatic nitrogens is 2. The van der Waals surface area contributed by atoms with E-state index in [0.717, 1.165) is 6.20 Å². The van der Waals surface area contributed by atoms with Gasteiger partial charge in [0.05, 0.1) is 6.20 Å². The maximum Gasteiger partial charge on any atom is 1.00 e. The minimum Gasteiger partial charge on any atom is -1.00 e. The van der Waals surface area contributed by atoms with Crippen molar-refractivity contribution in [3.8, 4) is 0 Å². The van der Waals surface area contributed by atoms with E-state index in [9.17, 15) is 10.0 Å². The molecule has 12 heavy (non-hydrogen) atoms. The monoisotopic (exact) mass is 178 g/mol. The molecule has 0 spiro atoms. The van der Waals surface area contributed by atoms with Crippen molar-refractivity contribution in [2.24, 2.45) is 0 Å². The van der Waals surface area contributed by atoms with Crippen LogP contribution in [0, 0.1) is 12.1 Å². The van der Waals surface area contributed by atoms with E-state index in [2.05, 4.69) is 4.98 Å². The van der Waals surface area contributed by atoms with Crippen LogP contribution >= 0.6 is 0 Å². The van der Waals surface area contributed by atoms with Crippen LogP contribution in [0.3, 0.4) is 0 Å². The largest absolute Gasteiger partial charge is 1.00 e. The molecular weight excluding hydrogens is 171 g/mol. The van der Waals surface area contributed by atoms with Gasteiger partial charge in [-0.15, -0.1) is 0 Å². The quantitative estimate of drug-likeness (QED) is 0.280. The van der Waals surface area contributed by atoms with Crippen molar-refractivity contribution < 1.29 is 45.6 Å². The molecule has 0 saturated heterocycles. The molecule has 1 heterocycles. The van der Waals surface area contributed by atoms with Gasteiger partial charge in [-0.05, 0) is 0 Å². The third-order valence-corrected chi connectivity index (χ3v) is 1.20. The molecule has 0 bridgehead atoms. The van der Waals surface area contributed by atoms with Gasteiger partial charge in [0.25, 0.3) is 0 Å². The van der Waals surface area contributed by atoms with E-state index >= 15 is 0 Å². The maximum absolute atomic E-state index is 10.8. The van der Waals surface area contributed by atoms with E-state index in [1.165, 1.54) is 6.20 Å². The van der Waals surface area contributed by atoms with E-state index in [4.69, 9.17) is 5.11 Å². The summed E-state index contributed by atoms with van der Waals surface area (Å²) in [6.07, 6.45) is 2.15. The molecule has 0 radical (unpaired) electrons. The zero-order valence-electron chi connectivity index (χ0n) is 7.81. The van der Waals surface area contributed by atoms with Gasteiger partial charge in [0.2, 0.25) is 17.6 Å². The third-order valence-electron chi connectivity index (χ3n) is 1.20. The first kappa shape index (κ1) is 11.4. The van der Waals surface area contributed by atoms with Gasteiger partial charge in [-0.3, -0.25) is 0 Å². The smallest absolute Gasteiger partial charge is 1.00 e. The summed E-state index contributed by atoms with van der Waals surface area (Å²) in [5.41, 5.74) is 0.126. The first-order chi connectivity index (χ1) is 5.11. The average Bonchev–Trinajstić information content (AvgIpc) is 1.94. The third kappa shape index (κ3) is 2.44. The fourth-order valence-electron chi connectivity index (χ4n) is 0.577. The minimum absolute atomic E-state index is 0. The van der Waals surface area contributed by atoms with Crippen molar-refractivity contribution in [1.82, 2.24) is 4.98 Å². The van der Waals surface area contributed by atoms with E-state index in [1.807, 2.05) is 0 Å². The first-order valence-corrected chi connectivity index (χ1v) is 2.90. The Labute approximate surface area is 92.4 Å². The summed E-state index contributed by atoms with van der Waals surface area (Å²) in [6, 6.07) is 0. The van der Waals surface area contributed by atoms with Crippen LogP contribution in [0.25, 0.3) is 0 Å². The Morgan fingerprint density at radius 1 is 1.83 bits per heavy atom. The summed E-state index contributed by atoms with van der Waals surface area (Å²) in [7, 11) is 0. The number of hydrogen-bond acceptors (Lipinski definition) is 3. The molecule has 1 N–H and O–H groups in total. The fraction of sp³-hybridized carbons (Fsp3) is 0.167. The number of aromatic carboxylic acids is 1. The molecule has 0 aromatic carbocycles. The predicted molar refractivity (Wildman–Crippen MR) is 36.0 cm³/mol. The van der Waals surface area contributed by atoms with Crippen LogP contribution in [0.4, 0.5) is 0 Å². The molecule has 0 atom stereocenters. The van der Waals surface area contributed by atoms with Crippen LogP contribution in [0.1, 0.15) is 17.6 Å². The van der Waals surface area contributed by atoms with Gasteiger partial charge >= 0.3 is 35.5 Å². The molecule has 0 aliphatic rings. The van der Waals surface area contributed by atoms with Crippen molar-refractivity contribution in [2.75, 3.05) is 0 Å². The number of carboxylic acids is 1. The summed E-state index contributed by atoms with van der Waals surface area (Å²) in [6.45, 7) is 1.55. The van der Waals surface area contributed by atoms with E-state index in [0.29, 0.717) is 10.4 Å². The van der Waals surface area contributed by atoms with Crippen LogP contribution in [0.2, 0.25) is 0 Å². The fourth-order valence-corrected chi connectivity index (χ4v) is 0.577. The zero-order chi connectivity index (χ0) is 8.43. The summed E-state index contributed by atoms with van der Waals surface area (Å²) in [5, 5.41) is 19.1. The summed E-state index contributed by atoms with van der Waals surface area (Å²) >= 11 is 0. The van der Waals surface area contributed by atoms with E-state index in [-0.39, 0.29) is 36.7 Å². The van der Waals surface area contributed by atoms with Gasteiger partial charge in [-0.1, -0.05) is 0 Å². The molecule has 0 saturated carbocycles. The molecule has 1 aromatic heterocycles. The SMILES string of the molecule is Cc1cnc(C(=O)O)c[n+]1[O-].[H-].[Na+]. The Balaban J connectivity index is 0. The molecule has 0 aliphatic heterocycles. The first-order valence-electron chi connectivity index (χ1n) is 2.90. The Morgan fingerprint density at radius 2 is 2.42 bits per heavy atom. The predicted octanol–water partition coefficient (Wildman–Crippen LogP) is -3.16. The van der Waals surface area contributed by atoms with Crippen LogP contribution in [-0.2, 0) is 0 Å². The Bertz CT molecular complexity index is 308. The van der Waals surface area contributed by atoms with E-state index in [1.54, 1.807) is 6.92 Å². The van der Waals surface area contributed by atoms with Gasteiger partial charge in [-0.25, -0.2) is 9.78 Å². The topological polar surface area (TPSA) is 77.1 Å². The molecule has 0 fully saturated rings. The molecule has 0 amide bonds. The molecule has 60 valence electrons. The Kier molecular flexibility index (Phi) is 4.16. The van der Waals surface area contributed by atoms with Crippen molar-refractivity contribution >= 4 is 5.97 Å². The van der Waals surface area contributed by atoms with Crippen LogP contribution < -0.4 is 34.3 Å². The van der Waals surface area contributed by atoms with Crippen LogP contribution in [-0.4, -0.2) is 16.1 Å². The number of carbonyl (C=O) groups is 1. The van der Waals surface area contributed by atoms with Gasteiger partial charge in [0.15, 0.2) is 0 Å². The summed E-state index contributed by atoms with van der Waals surface area (Å²) < 4.78 is 0.469. The molecule has 5 nitrogen and oxygen atoms in total. The standard InChI is InChI=1S/C6H6N2O3.Na.H/c1-4-2-7-5(6(9)10)3-8(4)11;;/h2-3H,1H3,(H,9,10);;/q;+1;-1. The van der Waals surface area contributed by atoms with Gasteiger partial charge in [0.1, 0.15) is 0 Å². The van der Waals surface area contributed by atoms with Crippen molar-refractivity contribution in [2.45, 2.75) is 6.92 Å². The molecule has 1 rings (SSSR count). The molecular formula is C6H7N2NaO3. The second-order valence-electron chi connectivity index (χ2n) is 2.04. The van der Waals surface area contributed by atoms with Crippen molar-refractivity contribution in [3.63, 3.8) is 0 Å². The van der Waals surface area contributed by atoms with Crippen molar-refractivity contribution in [3.05, 3.63) is 29.0 Å². The minimum atomic E-state index is -1.20. The second kappa shape index (κ2) is 4.39. The van der Waals surface area contributed by atoms with Gasteiger partial charge in [-0.2, -0.15) is 4.73 Å². The van der Waals surface area contributed by atoms with Crippen LogP contribution in [0.15, 0.2) is 12.4 Å². The van der Waals surface area contributed by atoms with Crippen molar-refractivity contribution in [1.29, 1.82) is 0 Å².